The lowest BCUT2D eigenvalue weighted by atomic mass is 10.1. The molecule has 0 aromatic heterocycles. The Labute approximate surface area is 108 Å². The fourth-order valence-electron chi connectivity index (χ4n) is 1.97. The van der Waals surface area contributed by atoms with Crippen LogP contribution in [-0.4, -0.2) is 75.1 Å². The summed E-state index contributed by atoms with van der Waals surface area (Å²) in [6.07, 6.45) is 1.89. The van der Waals surface area contributed by atoms with E-state index in [1.54, 1.807) is 7.11 Å². The Kier molecular flexibility index (Phi) is 7.91. The highest BCUT2D eigenvalue weighted by atomic mass is 16.5. The van der Waals surface area contributed by atoms with Crippen molar-refractivity contribution in [1.82, 2.24) is 10.2 Å². The molecule has 1 heterocycles. The van der Waals surface area contributed by atoms with E-state index in [-0.39, 0.29) is 18.6 Å². The van der Waals surface area contributed by atoms with Crippen LogP contribution in [0.5, 0.6) is 0 Å². The molecule has 0 saturated carbocycles. The maximum Gasteiger partial charge on any atom is 0.236 e. The van der Waals surface area contributed by atoms with Crippen LogP contribution < -0.4 is 5.32 Å². The van der Waals surface area contributed by atoms with Crippen molar-refractivity contribution in [2.45, 2.75) is 18.9 Å². The molecule has 0 bridgehead atoms. The van der Waals surface area contributed by atoms with E-state index < -0.39 is 0 Å². The van der Waals surface area contributed by atoms with Crippen molar-refractivity contribution in [2.24, 2.45) is 0 Å². The number of ether oxygens (including phenoxy) is 2. The summed E-state index contributed by atoms with van der Waals surface area (Å²) in [6.45, 7) is 3.59. The van der Waals surface area contributed by atoms with Crippen LogP contribution in [-0.2, 0) is 14.3 Å². The fraction of sp³-hybridized carbons (Fsp3) is 0.917. The third-order valence-corrected chi connectivity index (χ3v) is 3.00. The molecule has 6 heteroatoms. The quantitative estimate of drug-likeness (QED) is 0.560. The topological polar surface area (TPSA) is 71.0 Å². The molecule has 1 fully saturated rings. The first-order valence-electron chi connectivity index (χ1n) is 6.47. The van der Waals surface area contributed by atoms with Gasteiger partial charge in [0.2, 0.25) is 5.91 Å². The number of carbonyl (C=O) groups excluding carboxylic acids is 1. The maximum atomic E-state index is 11.8. The standard InChI is InChI=1S/C12H24N2O4/c1-17-8-4-13-10-12(16)14-5-2-11(3-6-14)18-9-7-15/h11,13,15H,2-10H2,1H3. The normalized spacial score (nSPS) is 17.1. The number of hydrogen-bond donors (Lipinski definition) is 2. The van der Waals surface area contributed by atoms with Gasteiger partial charge in [-0.3, -0.25) is 4.79 Å². The summed E-state index contributed by atoms with van der Waals surface area (Å²) in [5.41, 5.74) is 0. The molecule has 0 aromatic rings. The van der Waals surface area contributed by atoms with Crippen molar-refractivity contribution in [3.63, 3.8) is 0 Å². The molecule has 18 heavy (non-hydrogen) atoms. The lowest BCUT2D eigenvalue weighted by Crippen LogP contribution is -2.45. The minimum Gasteiger partial charge on any atom is -0.394 e. The first-order chi connectivity index (χ1) is 8.77. The van der Waals surface area contributed by atoms with Gasteiger partial charge in [0.1, 0.15) is 0 Å². The molecule has 6 nitrogen and oxygen atoms in total. The van der Waals surface area contributed by atoms with Gasteiger partial charge < -0.3 is 24.8 Å². The van der Waals surface area contributed by atoms with E-state index >= 15 is 0 Å². The average molecular weight is 260 g/mol. The lowest BCUT2D eigenvalue weighted by Gasteiger charge is -2.32. The number of aliphatic hydroxyl groups excluding tert-OH is 1. The van der Waals surface area contributed by atoms with Gasteiger partial charge in [0.25, 0.3) is 0 Å². The van der Waals surface area contributed by atoms with Gasteiger partial charge in [-0.05, 0) is 12.8 Å². The largest absolute Gasteiger partial charge is 0.394 e. The van der Waals surface area contributed by atoms with E-state index in [2.05, 4.69) is 5.32 Å². The van der Waals surface area contributed by atoms with Gasteiger partial charge in [-0.15, -0.1) is 0 Å². The molecule has 106 valence electrons. The highest BCUT2D eigenvalue weighted by Gasteiger charge is 2.22. The second kappa shape index (κ2) is 9.27. The van der Waals surface area contributed by atoms with Crippen LogP contribution in [0.4, 0.5) is 0 Å². The van der Waals surface area contributed by atoms with Crippen LogP contribution >= 0.6 is 0 Å². The molecule has 1 aliphatic heterocycles. The monoisotopic (exact) mass is 260 g/mol. The predicted octanol–water partition coefficient (Wildman–Crippen LogP) is -0.778. The molecular weight excluding hydrogens is 236 g/mol. The number of carbonyl (C=O) groups is 1. The average Bonchev–Trinajstić information content (AvgIpc) is 2.41. The summed E-state index contributed by atoms with van der Waals surface area (Å²) in [4.78, 5) is 13.7. The van der Waals surface area contributed by atoms with Crippen LogP contribution in [0.2, 0.25) is 0 Å². The number of methoxy groups -OCH3 is 1. The summed E-state index contributed by atoms with van der Waals surface area (Å²) in [5.74, 6) is 0.131. The third kappa shape index (κ3) is 5.77. The molecule has 2 N–H and O–H groups in total. The zero-order chi connectivity index (χ0) is 13.2. The SMILES string of the molecule is COCCNCC(=O)N1CCC(OCCO)CC1. The van der Waals surface area contributed by atoms with Gasteiger partial charge in [0.05, 0.1) is 32.5 Å². The van der Waals surface area contributed by atoms with Gasteiger partial charge in [-0.1, -0.05) is 0 Å². The Morgan fingerprint density at radius 2 is 2.11 bits per heavy atom. The molecule has 1 saturated heterocycles. The Hall–Kier alpha value is -0.690. The molecule has 1 aliphatic rings. The van der Waals surface area contributed by atoms with Crippen molar-refractivity contribution < 1.29 is 19.4 Å². The minimum atomic E-state index is 0.0581. The van der Waals surface area contributed by atoms with Crippen molar-refractivity contribution in [2.75, 3.05) is 53.1 Å². The van der Waals surface area contributed by atoms with E-state index in [9.17, 15) is 4.79 Å². The summed E-state index contributed by atoms with van der Waals surface area (Å²) < 4.78 is 10.3. The third-order valence-electron chi connectivity index (χ3n) is 3.00. The number of piperidine rings is 1. The fourth-order valence-corrected chi connectivity index (χ4v) is 1.97. The summed E-state index contributed by atoms with van der Waals surface area (Å²) in [6, 6.07) is 0. The summed E-state index contributed by atoms with van der Waals surface area (Å²) >= 11 is 0. The van der Waals surface area contributed by atoms with Gasteiger partial charge in [-0.2, -0.15) is 0 Å². The van der Waals surface area contributed by atoms with Crippen molar-refractivity contribution in [3.05, 3.63) is 0 Å². The van der Waals surface area contributed by atoms with Gasteiger partial charge in [-0.25, -0.2) is 0 Å². The van der Waals surface area contributed by atoms with E-state index in [1.165, 1.54) is 0 Å². The molecule has 0 aromatic carbocycles. The van der Waals surface area contributed by atoms with E-state index in [0.717, 1.165) is 25.9 Å². The molecule has 1 rings (SSSR count). The van der Waals surface area contributed by atoms with Crippen LogP contribution in [0.3, 0.4) is 0 Å². The van der Waals surface area contributed by atoms with Crippen LogP contribution in [0.15, 0.2) is 0 Å². The second-order valence-electron chi connectivity index (χ2n) is 4.34. The first kappa shape index (κ1) is 15.4. The molecule has 0 spiro atoms. The number of hydrogen-bond acceptors (Lipinski definition) is 5. The summed E-state index contributed by atoms with van der Waals surface area (Å²) in [5, 5.41) is 11.7. The van der Waals surface area contributed by atoms with Crippen LogP contribution in [0.1, 0.15) is 12.8 Å². The number of nitrogens with one attached hydrogen (secondary N) is 1. The van der Waals surface area contributed by atoms with Crippen LogP contribution in [0, 0.1) is 0 Å². The van der Waals surface area contributed by atoms with E-state index in [1.807, 2.05) is 4.90 Å². The predicted molar refractivity (Wildman–Crippen MR) is 67.4 cm³/mol. The second-order valence-corrected chi connectivity index (χ2v) is 4.34. The number of aliphatic hydroxyl groups is 1. The number of amides is 1. The first-order valence-corrected chi connectivity index (χ1v) is 6.47. The lowest BCUT2D eigenvalue weighted by molar-refractivity contribution is -0.133. The van der Waals surface area contributed by atoms with Crippen LogP contribution in [0.25, 0.3) is 0 Å². The van der Waals surface area contributed by atoms with Gasteiger partial charge in [0.15, 0.2) is 0 Å². The Morgan fingerprint density at radius 3 is 2.72 bits per heavy atom. The number of rotatable bonds is 8. The molecule has 0 atom stereocenters. The Morgan fingerprint density at radius 1 is 1.39 bits per heavy atom. The Balaban J connectivity index is 2.11. The van der Waals surface area contributed by atoms with E-state index in [4.69, 9.17) is 14.6 Å². The zero-order valence-corrected chi connectivity index (χ0v) is 11.1. The van der Waals surface area contributed by atoms with Gasteiger partial charge in [0, 0.05) is 26.7 Å². The van der Waals surface area contributed by atoms with Crippen molar-refractivity contribution in [1.29, 1.82) is 0 Å². The van der Waals surface area contributed by atoms with Crippen molar-refractivity contribution in [3.8, 4) is 0 Å². The highest BCUT2D eigenvalue weighted by molar-refractivity contribution is 5.78. The molecule has 0 radical (unpaired) electrons. The minimum absolute atomic E-state index is 0.0581. The summed E-state index contributed by atoms with van der Waals surface area (Å²) in [7, 11) is 1.64. The Bertz CT molecular complexity index is 230. The molecule has 0 aliphatic carbocycles. The number of likely N-dealkylation sites (tertiary alicyclic amines) is 1. The molecule has 1 amide bonds. The van der Waals surface area contributed by atoms with Crippen molar-refractivity contribution >= 4 is 5.91 Å². The van der Waals surface area contributed by atoms with Gasteiger partial charge >= 0.3 is 0 Å². The van der Waals surface area contributed by atoms with E-state index in [0.29, 0.717) is 26.3 Å². The number of nitrogens with zero attached hydrogens (tertiary/aromatic N) is 1. The zero-order valence-electron chi connectivity index (χ0n) is 11.1. The smallest absolute Gasteiger partial charge is 0.236 e. The molecular formula is C12H24N2O4. The molecule has 0 unspecified atom stereocenters. The maximum absolute atomic E-state index is 11.8. The highest BCUT2D eigenvalue weighted by Crippen LogP contribution is 2.13.